The molecule has 1 aromatic rings. The number of ether oxygens (including phenoxy) is 1. The van der Waals surface area contributed by atoms with Crippen LogP contribution in [0.2, 0.25) is 0 Å². The lowest BCUT2D eigenvalue weighted by Crippen LogP contribution is -2.56. The van der Waals surface area contributed by atoms with Crippen molar-refractivity contribution >= 4 is 23.5 Å². The number of H-pyrrole nitrogens is 1. The van der Waals surface area contributed by atoms with Gasteiger partial charge in [0.05, 0.1) is 12.3 Å². The number of phosphoric ester groups is 1. The van der Waals surface area contributed by atoms with Crippen LogP contribution in [0.3, 0.4) is 0 Å². The molecule has 0 saturated carbocycles. The molecule has 1 saturated heterocycles. The predicted octanol–water partition coefficient (Wildman–Crippen LogP) is -1.61. The molecule has 0 spiro atoms. The minimum absolute atomic E-state index is 0.424. The van der Waals surface area contributed by atoms with Gasteiger partial charge in [-0.1, -0.05) is 5.92 Å². The van der Waals surface area contributed by atoms with Gasteiger partial charge in [0.15, 0.2) is 11.8 Å². The van der Waals surface area contributed by atoms with Gasteiger partial charge in [-0.05, 0) is 13.8 Å². The van der Waals surface area contributed by atoms with Crippen molar-refractivity contribution in [2.75, 3.05) is 0 Å². The lowest BCUT2D eigenvalue weighted by Gasteiger charge is -2.28. The van der Waals surface area contributed by atoms with Crippen molar-refractivity contribution in [2.24, 2.45) is 5.73 Å². The molecule has 0 aromatic carbocycles. The van der Waals surface area contributed by atoms with E-state index >= 15 is 0 Å². The number of aromatic amines is 1. The smallest absolute Gasteiger partial charge is 0.387 e. The highest BCUT2D eigenvalue weighted by molar-refractivity contribution is 7.66. The van der Waals surface area contributed by atoms with E-state index in [1.807, 2.05) is 0 Å². The van der Waals surface area contributed by atoms with E-state index in [9.17, 15) is 42.6 Å². The summed E-state index contributed by atoms with van der Waals surface area (Å²) in [5.41, 5.74) is 1.33. The quantitative estimate of drug-likeness (QED) is 0.141. The average Bonchev–Trinajstić information content (AvgIpc) is 2.86. The minimum atomic E-state index is -5.82. The summed E-state index contributed by atoms with van der Waals surface area (Å²) in [6, 6.07) is 0. The molecule has 1 aromatic heterocycles. The molecule has 1 aliphatic heterocycles. The fourth-order valence-electron chi connectivity index (χ4n) is 2.97. The Balaban J connectivity index is 2.36. The van der Waals surface area contributed by atoms with Crippen LogP contribution in [-0.2, 0) is 31.6 Å². The number of aliphatic hydroxyl groups excluding tert-OH is 1. The number of hydrogen-bond donors (Lipinski definition) is 7. The van der Waals surface area contributed by atoms with Gasteiger partial charge in [0.25, 0.3) is 5.56 Å². The molecular formula is C13H19FN3O14P3. The van der Waals surface area contributed by atoms with Crippen LogP contribution >= 0.6 is 23.5 Å². The number of nitrogens with one attached hydrogen (secondary N) is 1. The van der Waals surface area contributed by atoms with Crippen molar-refractivity contribution in [3.8, 4) is 11.8 Å². The van der Waals surface area contributed by atoms with Crippen LogP contribution in [-0.4, -0.2) is 58.1 Å². The van der Waals surface area contributed by atoms with Crippen LogP contribution < -0.4 is 17.0 Å². The van der Waals surface area contributed by atoms with Gasteiger partial charge in [-0.2, -0.15) is 13.0 Å². The third-order valence-electron chi connectivity index (χ3n) is 4.19. The van der Waals surface area contributed by atoms with Crippen molar-refractivity contribution in [1.82, 2.24) is 9.55 Å². The first-order chi connectivity index (χ1) is 15.3. The minimum Gasteiger partial charge on any atom is -0.387 e. The summed E-state index contributed by atoms with van der Waals surface area (Å²) in [7, 11) is -17.1. The van der Waals surface area contributed by atoms with E-state index in [1.54, 1.807) is 4.98 Å². The number of hydrogen-bond acceptors (Lipinski definition) is 11. The summed E-state index contributed by atoms with van der Waals surface area (Å²) < 4.78 is 65.7. The van der Waals surface area contributed by atoms with E-state index in [0.717, 1.165) is 6.92 Å². The average molecular weight is 553 g/mol. The Morgan fingerprint density at radius 1 is 1.24 bits per heavy atom. The molecule has 7 atom stereocenters. The van der Waals surface area contributed by atoms with E-state index in [2.05, 4.69) is 25.0 Å². The molecule has 0 amide bonds. The molecular weight excluding hydrogens is 534 g/mol. The molecule has 2 heterocycles. The number of nitrogens with two attached hydrogens (primary N) is 1. The molecule has 0 aliphatic carbocycles. The highest BCUT2D eigenvalue weighted by atomic mass is 31.3. The Kier molecular flexibility index (Phi) is 8.31. The zero-order valence-electron chi connectivity index (χ0n) is 17.0. The number of rotatable bonds is 8. The first kappa shape index (κ1) is 28.7. The van der Waals surface area contributed by atoms with Gasteiger partial charge in [-0.15, -0.1) is 5.92 Å². The second-order valence-electron chi connectivity index (χ2n) is 6.75. The third kappa shape index (κ3) is 6.56. The molecule has 17 nitrogen and oxygen atoms in total. The molecule has 21 heteroatoms. The first-order valence-corrected chi connectivity index (χ1v) is 13.2. The van der Waals surface area contributed by atoms with Crippen molar-refractivity contribution in [2.45, 2.75) is 43.9 Å². The fraction of sp³-hybridized carbons (Fsp3) is 0.538. The summed E-state index contributed by atoms with van der Waals surface area (Å²) >= 11 is 0. The summed E-state index contributed by atoms with van der Waals surface area (Å²) in [6.45, 7) is 2.27. The van der Waals surface area contributed by atoms with Crippen LogP contribution in [0.25, 0.3) is 0 Å². The van der Waals surface area contributed by atoms with Crippen LogP contribution in [0.15, 0.2) is 15.8 Å². The Bertz CT molecular complexity index is 1270. The van der Waals surface area contributed by atoms with Gasteiger partial charge < -0.3 is 35.2 Å². The topological polar surface area (TPSA) is 270 Å². The molecule has 0 radical (unpaired) electrons. The summed E-state index contributed by atoms with van der Waals surface area (Å²) in [6.07, 6.45) is -6.77. The maximum absolute atomic E-state index is 13.8. The van der Waals surface area contributed by atoms with Crippen molar-refractivity contribution in [3.05, 3.63) is 32.9 Å². The number of halogens is 1. The van der Waals surface area contributed by atoms with E-state index < -0.39 is 70.6 Å². The monoisotopic (exact) mass is 553 g/mol. The second-order valence-corrected chi connectivity index (χ2v) is 11.1. The maximum Gasteiger partial charge on any atom is 0.490 e. The molecule has 8 N–H and O–H groups in total. The Morgan fingerprint density at radius 3 is 2.35 bits per heavy atom. The number of nitrogens with zero attached hydrogens (tertiary/aromatic N) is 1. The Labute approximate surface area is 188 Å². The normalized spacial score (nSPS) is 29.5. The van der Waals surface area contributed by atoms with E-state index in [4.69, 9.17) is 20.3 Å². The highest BCUT2D eigenvalue weighted by Gasteiger charge is 2.57. The molecule has 1 aliphatic rings. The van der Waals surface area contributed by atoms with Crippen LogP contribution in [0, 0.1) is 17.7 Å². The molecule has 192 valence electrons. The summed E-state index contributed by atoms with van der Waals surface area (Å²) in [4.78, 5) is 61.1. The molecule has 1 fully saturated rings. The van der Waals surface area contributed by atoms with Gasteiger partial charge in [-0.3, -0.25) is 18.9 Å². The molecule has 3 unspecified atom stereocenters. The summed E-state index contributed by atoms with van der Waals surface area (Å²) in [5, 5.41) is 10.7. The lowest BCUT2D eigenvalue weighted by atomic mass is 9.90. The standard InChI is InChI=1S/C13H19FN3O14P3/c1-3-4-13(15)9(18)8(28-11(13)17-5-7(14)10(19)16-12(17)20)6(2)29-33(24,25)31-34(26,27)30-32(21,22)23/h5-6,8-9,11,18H,15H2,1-2H3,(H,24,25)(H,26,27)(H,16,19,20)(H2,21,22,23)/t6-,8+,9-,11+,13?/m0/s1. The van der Waals surface area contributed by atoms with E-state index in [1.165, 1.54) is 6.92 Å². The number of aliphatic hydroxyl groups is 1. The SMILES string of the molecule is CC#CC1(N)[C@@H](O)[C@@H]([C@H](C)OP(=O)(O)OP(=O)(O)OP(=O)(O)O)O[C@H]1n1cc(F)c(=O)[nH]c1=O. The van der Waals surface area contributed by atoms with Crippen molar-refractivity contribution in [3.63, 3.8) is 0 Å². The zero-order chi connectivity index (χ0) is 26.3. The fourth-order valence-corrected chi connectivity index (χ4v) is 6.17. The van der Waals surface area contributed by atoms with Gasteiger partial charge in [0.2, 0.25) is 5.82 Å². The molecule has 34 heavy (non-hydrogen) atoms. The van der Waals surface area contributed by atoms with Crippen molar-refractivity contribution in [1.29, 1.82) is 0 Å². The van der Waals surface area contributed by atoms with Crippen LogP contribution in [0.1, 0.15) is 20.1 Å². The lowest BCUT2D eigenvalue weighted by molar-refractivity contribution is -0.0757. The Hall–Kier alpha value is -1.54. The third-order valence-corrected chi connectivity index (χ3v) is 8.12. The van der Waals surface area contributed by atoms with E-state index in [-0.39, 0.29) is 0 Å². The second kappa shape index (κ2) is 9.84. The molecule has 2 rings (SSSR count). The largest absolute Gasteiger partial charge is 0.490 e. The molecule has 0 bridgehead atoms. The number of phosphoric acid groups is 3. The zero-order valence-corrected chi connectivity index (χ0v) is 19.7. The number of aromatic nitrogens is 2. The van der Waals surface area contributed by atoms with Gasteiger partial charge in [-0.25, -0.2) is 18.5 Å². The highest BCUT2D eigenvalue weighted by Crippen LogP contribution is 2.66. The van der Waals surface area contributed by atoms with E-state index in [0.29, 0.717) is 10.8 Å². The van der Waals surface area contributed by atoms with Crippen LogP contribution in [0.5, 0.6) is 0 Å². The van der Waals surface area contributed by atoms with Gasteiger partial charge in [0.1, 0.15) is 12.2 Å². The van der Waals surface area contributed by atoms with Crippen LogP contribution in [0.4, 0.5) is 4.39 Å². The Morgan fingerprint density at radius 2 is 1.82 bits per heavy atom. The predicted molar refractivity (Wildman–Crippen MR) is 106 cm³/mol. The first-order valence-electron chi connectivity index (χ1n) is 8.71. The maximum atomic E-state index is 13.8. The van der Waals surface area contributed by atoms with Crippen molar-refractivity contribution < 1.29 is 60.6 Å². The van der Waals surface area contributed by atoms with Gasteiger partial charge in [0, 0.05) is 0 Å². The van der Waals surface area contributed by atoms with Gasteiger partial charge >= 0.3 is 29.2 Å². The summed E-state index contributed by atoms with van der Waals surface area (Å²) in [5.74, 6) is 3.30.